The predicted molar refractivity (Wildman–Crippen MR) is 85.5 cm³/mol. The second-order valence-electron chi connectivity index (χ2n) is 6.68. The minimum Gasteiger partial charge on any atom is -0.476 e. The molecule has 0 aliphatic rings. The molecule has 2 aromatic heterocycles. The van der Waals surface area contributed by atoms with Crippen molar-refractivity contribution in [3.05, 3.63) is 29.3 Å². The Balaban J connectivity index is 2.03. The van der Waals surface area contributed by atoms with Crippen LogP contribution in [0.4, 0.5) is 0 Å². The average Bonchev–Trinajstić information content (AvgIpc) is 3.04. The third kappa shape index (κ3) is 3.98. The van der Waals surface area contributed by atoms with Crippen LogP contribution in [0.3, 0.4) is 0 Å². The summed E-state index contributed by atoms with van der Waals surface area (Å²) < 4.78 is 3.06. The van der Waals surface area contributed by atoms with E-state index in [-0.39, 0.29) is 29.7 Å². The van der Waals surface area contributed by atoms with Crippen LogP contribution in [0.15, 0.2) is 12.4 Å². The number of carbonyl (C=O) groups excluding carboxylic acids is 1. The van der Waals surface area contributed by atoms with Gasteiger partial charge in [-0.3, -0.25) is 9.48 Å². The molecule has 2 N–H and O–H groups in total. The molecule has 130 valence electrons. The minimum atomic E-state index is -1.18. The lowest BCUT2D eigenvalue weighted by Crippen LogP contribution is -2.30. The van der Waals surface area contributed by atoms with Gasteiger partial charge in [0.15, 0.2) is 5.69 Å². The van der Waals surface area contributed by atoms with Crippen LogP contribution < -0.4 is 5.32 Å². The molecular weight excluding hydrogens is 312 g/mol. The number of aryl methyl sites for hydroxylation is 1. The van der Waals surface area contributed by atoms with Gasteiger partial charge >= 0.3 is 5.97 Å². The van der Waals surface area contributed by atoms with Crippen molar-refractivity contribution in [2.45, 2.75) is 52.7 Å². The van der Waals surface area contributed by atoms with Crippen LogP contribution in [-0.2, 0) is 16.9 Å². The van der Waals surface area contributed by atoms with Gasteiger partial charge in [-0.15, -0.1) is 5.10 Å². The highest BCUT2D eigenvalue weighted by molar-refractivity contribution is 5.84. The van der Waals surface area contributed by atoms with E-state index in [9.17, 15) is 9.59 Å². The Morgan fingerprint density at radius 2 is 2.00 bits per heavy atom. The first-order valence-corrected chi connectivity index (χ1v) is 7.57. The SMILES string of the molecule is Cc1nn(C(C)(C)C)cc1C(C)NC(=O)Cn1cc(C(=O)O)nn1. The fraction of sp³-hybridized carbons (Fsp3) is 0.533. The Morgan fingerprint density at radius 3 is 2.50 bits per heavy atom. The first-order chi connectivity index (χ1) is 11.1. The molecule has 1 atom stereocenters. The summed E-state index contributed by atoms with van der Waals surface area (Å²) >= 11 is 0. The number of hydrogen-bond acceptors (Lipinski definition) is 5. The van der Waals surface area contributed by atoms with E-state index in [1.54, 1.807) is 0 Å². The molecule has 2 rings (SSSR count). The van der Waals surface area contributed by atoms with Gasteiger partial charge in [0.05, 0.1) is 23.5 Å². The molecule has 0 saturated carbocycles. The monoisotopic (exact) mass is 334 g/mol. The van der Waals surface area contributed by atoms with Crippen molar-refractivity contribution >= 4 is 11.9 Å². The molecule has 0 aromatic carbocycles. The molecule has 0 aliphatic carbocycles. The fourth-order valence-corrected chi connectivity index (χ4v) is 2.23. The Bertz CT molecular complexity index is 756. The largest absolute Gasteiger partial charge is 0.476 e. The van der Waals surface area contributed by atoms with Crippen molar-refractivity contribution in [2.75, 3.05) is 0 Å². The fourth-order valence-electron chi connectivity index (χ4n) is 2.23. The molecule has 1 unspecified atom stereocenters. The predicted octanol–water partition coefficient (Wildman–Crippen LogP) is 1.11. The molecule has 9 heteroatoms. The maximum Gasteiger partial charge on any atom is 0.358 e. The molecule has 24 heavy (non-hydrogen) atoms. The summed E-state index contributed by atoms with van der Waals surface area (Å²) in [4.78, 5) is 22.9. The van der Waals surface area contributed by atoms with Crippen molar-refractivity contribution in [2.24, 2.45) is 0 Å². The van der Waals surface area contributed by atoms with E-state index < -0.39 is 5.97 Å². The molecule has 0 bridgehead atoms. The lowest BCUT2D eigenvalue weighted by atomic mass is 10.1. The van der Waals surface area contributed by atoms with E-state index in [0.717, 1.165) is 11.3 Å². The van der Waals surface area contributed by atoms with Gasteiger partial charge < -0.3 is 10.4 Å². The smallest absolute Gasteiger partial charge is 0.358 e. The molecule has 1 amide bonds. The van der Waals surface area contributed by atoms with Crippen molar-refractivity contribution in [1.29, 1.82) is 0 Å². The minimum absolute atomic E-state index is 0.100. The maximum atomic E-state index is 12.1. The lowest BCUT2D eigenvalue weighted by Gasteiger charge is -2.19. The zero-order chi connectivity index (χ0) is 18.1. The number of carbonyl (C=O) groups is 2. The van der Waals surface area contributed by atoms with Crippen molar-refractivity contribution in [1.82, 2.24) is 30.1 Å². The van der Waals surface area contributed by atoms with E-state index in [2.05, 4.69) is 41.5 Å². The summed E-state index contributed by atoms with van der Waals surface area (Å²) in [5, 5.41) is 23.2. The summed E-state index contributed by atoms with van der Waals surface area (Å²) in [5.41, 5.74) is 1.45. The summed E-state index contributed by atoms with van der Waals surface area (Å²) in [6, 6.07) is -0.226. The highest BCUT2D eigenvalue weighted by atomic mass is 16.4. The van der Waals surface area contributed by atoms with Gasteiger partial charge in [0.25, 0.3) is 0 Å². The summed E-state index contributed by atoms with van der Waals surface area (Å²) in [5.74, 6) is -1.47. The number of carboxylic acids is 1. The molecular formula is C15H22N6O3. The number of carboxylic acid groups (broad SMARTS) is 1. The number of nitrogens with one attached hydrogen (secondary N) is 1. The standard InChI is InChI=1S/C15H22N6O3/c1-9(11-6-21(15(3,4)5)18-10(11)2)16-13(22)8-20-7-12(14(23)24)17-19-20/h6-7,9H,8H2,1-5H3,(H,16,22)(H,23,24). The van der Waals surface area contributed by atoms with E-state index >= 15 is 0 Å². The van der Waals surface area contributed by atoms with Crippen LogP contribution in [0.2, 0.25) is 0 Å². The summed E-state index contributed by atoms with van der Waals surface area (Å²) in [7, 11) is 0. The number of aromatic carboxylic acids is 1. The zero-order valence-electron chi connectivity index (χ0n) is 14.4. The van der Waals surface area contributed by atoms with E-state index in [4.69, 9.17) is 5.11 Å². The van der Waals surface area contributed by atoms with Crippen LogP contribution in [-0.4, -0.2) is 41.8 Å². The van der Waals surface area contributed by atoms with Gasteiger partial charge in [0.1, 0.15) is 6.54 Å². The quantitative estimate of drug-likeness (QED) is 0.846. The van der Waals surface area contributed by atoms with Gasteiger partial charge in [-0.25, -0.2) is 9.48 Å². The number of hydrogen-bond donors (Lipinski definition) is 2. The Hall–Kier alpha value is -2.71. The van der Waals surface area contributed by atoms with Gasteiger partial charge in [0, 0.05) is 11.8 Å². The third-order valence-electron chi connectivity index (χ3n) is 3.53. The molecule has 0 fully saturated rings. The van der Waals surface area contributed by atoms with E-state index in [1.807, 2.05) is 24.7 Å². The molecule has 0 radical (unpaired) electrons. The van der Waals surface area contributed by atoms with Crippen LogP contribution >= 0.6 is 0 Å². The summed E-state index contributed by atoms with van der Waals surface area (Å²) in [6.45, 7) is 9.83. The Labute approximate surface area is 139 Å². The number of amides is 1. The van der Waals surface area contributed by atoms with Gasteiger partial charge in [0.2, 0.25) is 5.91 Å². The molecule has 0 saturated heterocycles. The second kappa shape index (κ2) is 6.42. The molecule has 9 nitrogen and oxygen atoms in total. The number of aromatic nitrogens is 5. The normalized spacial score (nSPS) is 12.9. The second-order valence-corrected chi connectivity index (χ2v) is 6.68. The van der Waals surface area contributed by atoms with E-state index in [1.165, 1.54) is 10.9 Å². The lowest BCUT2D eigenvalue weighted by molar-refractivity contribution is -0.122. The maximum absolute atomic E-state index is 12.1. The van der Waals surface area contributed by atoms with Crippen LogP contribution in [0.25, 0.3) is 0 Å². The zero-order valence-corrected chi connectivity index (χ0v) is 14.4. The van der Waals surface area contributed by atoms with Crippen LogP contribution in [0.5, 0.6) is 0 Å². The van der Waals surface area contributed by atoms with Gasteiger partial charge in [-0.1, -0.05) is 5.21 Å². The molecule has 2 aromatic rings. The molecule has 2 heterocycles. The Morgan fingerprint density at radius 1 is 1.33 bits per heavy atom. The van der Waals surface area contributed by atoms with Crippen LogP contribution in [0.1, 0.15) is 55.5 Å². The average molecular weight is 334 g/mol. The highest BCUT2D eigenvalue weighted by Crippen LogP contribution is 2.21. The first kappa shape index (κ1) is 17.6. The van der Waals surface area contributed by atoms with Crippen LogP contribution in [0, 0.1) is 6.92 Å². The number of nitrogens with zero attached hydrogens (tertiary/aromatic N) is 5. The van der Waals surface area contributed by atoms with Crippen molar-refractivity contribution in [3.63, 3.8) is 0 Å². The first-order valence-electron chi connectivity index (χ1n) is 7.57. The van der Waals surface area contributed by atoms with Gasteiger partial charge in [-0.2, -0.15) is 5.10 Å². The topological polar surface area (TPSA) is 115 Å². The molecule has 0 aliphatic heterocycles. The summed E-state index contributed by atoms with van der Waals surface area (Å²) in [6.07, 6.45) is 3.15. The third-order valence-corrected chi connectivity index (χ3v) is 3.53. The van der Waals surface area contributed by atoms with Gasteiger partial charge in [-0.05, 0) is 34.6 Å². The van der Waals surface area contributed by atoms with Crippen molar-refractivity contribution < 1.29 is 14.7 Å². The number of rotatable bonds is 5. The van der Waals surface area contributed by atoms with Crippen molar-refractivity contribution in [3.8, 4) is 0 Å². The highest BCUT2D eigenvalue weighted by Gasteiger charge is 2.20. The molecule has 0 spiro atoms. The van der Waals surface area contributed by atoms with E-state index in [0.29, 0.717) is 0 Å². The Kier molecular flexibility index (Phi) is 4.72.